The molecule has 214 valence electrons. The summed E-state index contributed by atoms with van der Waals surface area (Å²) in [6.45, 7) is 1.75. The summed E-state index contributed by atoms with van der Waals surface area (Å²) in [6.07, 6.45) is 3.05. The van der Waals surface area contributed by atoms with Crippen LogP contribution in [0.2, 0.25) is 0 Å². The van der Waals surface area contributed by atoms with Gasteiger partial charge in [-0.25, -0.2) is 9.37 Å². The molecule has 0 aliphatic carbocycles. The van der Waals surface area contributed by atoms with Crippen LogP contribution >= 0.6 is 0 Å². The van der Waals surface area contributed by atoms with Crippen LogP contribution in [0.5, 0.6) is 23.1 Å². The van der Waals surface area contributed by atoms with E-state index in [1.165, 1.54) is 44.7 Å². The average Bonchev–Trinajstić information content (AvgIpc) is 3.00. The number of hydrogen-bond acceptors (Lipinski definition) is 8. The number of rotatable bonds is 10. The zero-order valence-electron chi connectivity index (χ0n) is 23.3. The van der Waals surface area contributed by atoms with Gasteiger partial charge in [0.05, 0.1) is 31.9 Å². The highest BCUT2D eigenvalue weighted by molar-refractivity contribution is 5.98. The average molecular weight is 570 g/mol. The third-order valence-electron chi connectivity index (χ3n) is 6.86. The second-order valence-corrected chi connectivity index (χ2v) is 9.48. The molecular formula is C32H28FN3O6. The van der Waals surface area contributed by atoms with Gasteiger partial charge in [-0.05, 0) is 42.3 Å². The Balaban J connectivity index is 1.40. The number of fused-ring (bicyclic) bond motifs is 1. The first-order valence-corrected chi connectivity index (χ1v) is 13.1. The normalized spacial score (nSPS) is 11.0. The minimum atomic E-state index is -0.442. The number of carbonyl (C=O) groups excluding carboxylic acids is 1. The molecule has 5 rings (SSSR count). The van der Waals surface area contributed by atoms with Gasteiger partial charge in [0.15, 0.2) is 22.7 Å². The summed E-state index contributed by atoms with van der Waals surface area (Å²) in [5.74, 6) is 0.907. The lowest BCUT2D eigenvalue weighted by atomic mass is 9.97. The molecule has 10 heteroatoms. The Bertz CT molecular complexity index is 1820. The first-order valence-electron chi connectivity index (χ1n) is 13.1. The van der Waals surface area contributed by atoms with Crippen LogP contribution in [0.25, 0.3) is 22.2 Å². The topological polar surface area (TPSA) is 113 Å². The number of nitrogens with zero attached hydrogens (tertiary/aromatic N) is 3. The molecule has 0 radical (unpaired) electrons. The molecule has 0 bridgehead atoms. The molecular weight excluding hydrogens is 541 g/mol. The Labute approximate surface area is 240 Å². The van der Waals surface area contributed by atoms with Gasteiger partial charge in [-0.1, -0.05) is 24.3 Å². The zero-order chi connectivity index (χ0) is 29.8. The highest BCUT2D eigenvalue weighted by Crippen LogP contribution is 2.34. The van der Waals surface area contributed by atoms with Crippen LogP contribution in [0.1, 0.15) is 21.6 Å². The van der Waals surface area contributed by atoms with Crippen LogP contribution in [0, 0.1) is 12.7 Å². The third kappa shape index (κ3) is 5.70. The van der Waals surface area contributed by atoms with Crippen molar-refractivity contribution in [3.05, 3.63) is 106 Å². The quantitative estimate of drug-likeness (QED) is 0.230. The molecule has 0 amide bonds. The van der Waals surface area contributed by atoms with Crippen molar-refractivity contribution in [2.45, 2.75) is 19.9 Å². The Hall–Kier alpha value is -5.09. The Morgan fingerprint density at radius 2 is 1.74 bits per heavy atom. The number of pyridine rings is 3. The smallest absolute Gasteiger partial charge is 0.257 e. The van der Waals surface area contributed by atoms with E-state index in [1.54, 1.807) is 54.1 Å². The molecule has 5 aromatic rings. The van der Waals surface area contributed by atoms with Crippen molar-refractivity contribution in [1.82, 2.24) is 14.5 Å². The number of aliphatic hydroxyl groups is 1. The Kier molecular flexibility index (Phi) is 8.26. The Morgan fingerprint density at radius 1 is 1.00 bits per heavy atom. The maximum Gasteiger partial charge on any atom is 0.257 e. The van der Waals surface area contributed by atoms with E-state index in [1.807, 2.05) is 0 Å². The fraction of sp³-hybridized carbons (Fsp3) is 0.188. The van der Waals surface area contributed by atoms with E-state index >= 15 is 0 Å². The molecule has 42 heavy (non-hydrogen) atoms. The summed E-state index contributed by atoms with van der Waals surface area (Å²) in [5.41, 5.74) is 2.65. The largest absolute Gasteiger partial charge is 0.491 e. The first kappa shape index (κ1) is 28.4. The monoisotopic (exact) mass is 569 g/mol. The van der Waals surface area contributed by atoms with Crippen molar-refractivity contribution in [2.24, 2.45) is 0 Å². The van der Waals surface area contributed by atoms with Crippen LogP contribution in [0.3, 0.4) is 0 Å². The van der Waals surface area contributed by atoms with Crippen LogP contribution in [-0.2, 0) is 13.0 Å². The van der Waals surface area contributed by atoms with E-state index in [-0.39, 0.29) is 30.9 Å². The first-order chi connectivity index (χ1) is 20.3. The number of halogens is 1. The molecule has 0 spiro atoms. The molecule has 0 aliphatic rings. The lowest BCUT2D eigenvalue weighted by Crippen LogP contribution is -2.24. The molecule has 0 atom stereocenters. The van der Waals surface area contributed by atoms with Crippen molar-refractivity contribution in [3.63, 3.8) is 0 Å². The van der Waals surface area contributed by atoms with E-state index < -0.39 is 11.2 Å². The minimum absolute atomic E-state index is 0.00703. The highest BCUT2D eigenvalue weighted by Gasteiger charge is 2.20. The van der Waals surface area contributed by atoms with E-state index in [2.05, 4.69) is 9.97 Å². The summed E-state index contributed by atoms with van der Waals surface area (Å²) in [7, 11) is 3.02. The standard InChI is InChI=1S/C32H28FN3O6/c1-19-29(21-6-8-22(33)9-7-21)31(39)24(18-36(19)14-15-37)26(38)16-20-4-10-23(11-5-20)42-27-12-13-34-25-17-28(40-2)32(41-3)35-30(25)27/h4-13,17-18,37H,14-16H2,1-3H3. The number of aliphatic hydroxyl groups excluding tert-OH is 1. The number of ketones is 1. The number of Topliss-reactive ketones (excluding diaryl/α,β-unsaturated/α-hetero) is 1. The molecule has 9 nitrogen and oxygen atoms in total. The highest BCUT2D eigenvalue weighted by atomic mass is 19.1. The lowest BCUT2D eigenvalue weighted by molar-refractivity contribution is 0.0991. The fourth-order valence-corrected chi connectivity index (χ4v) is 4.72. The van der Waals surface area contributed by atoms with Crippen molar-refractivity contribution >= 4 is 16.8 Å². The summed E-state index contributed by atoms with van der Waals surface area (Å²) in [5, 5.41) is 9.55. The van der Waals surface area contributed by atoms with Gasteiger partial charge < -0.3 is 23.9 Å². The van der Waals surface area contributed by atoms with Gasteiger partial charge in [0.1, 0.15) is 17.1 Å². The predicted octanol–water partition coefficient (Wildman–Crippen LogP) is 5.13. The summed E-state index contributed by atoms with van der Waals surface area (Å²) in [6, 6.07) is 15.9. The van der Waals surface area contributed by atoms with Gasteiger partial charge in [-0.3, -0.25) is 14.6 Å². The third-order valence-corrected chi connectivity index (χ3v) is 6.86. The maximum absolute atomic E-state index is 13.5. The van der Waals surface area contributed by atoms with Crippen molar-refractivity contribution < 1.29 is 28.5 Å². The molecule has 0 fully saturated rings. The predicted molar refractivity (Wildman–Crippen MR) is 155 cm³/mol. The van der Waals surface area contributed by atoms with E-state index in [0.717, 1.165) is 0 Å². The molecule has 0 unspecified atom stereocenters. The van der Waals surface area contributed by atoms with Gasteiger partial charge in [0.2, 0.25) is 0 Å². The summed E-state index contributed by atoms with van der Waals surface area (Å²) >= 11 is 0. The van der Waals surface area contributed by atoms with Crippen LogP contribution < -0.4 is 19.6 Å². The second-order valence-electron chi connectivity index (χ2n) is 9.48. The van der Waals surface area contributed by atoms with Crippen molar-refractivity contribution in [1.29, 1.82) is 0 Å². The summed E-state index contributed by atoms with van der Waals surface area (Å²) in [4.78, 5) is 35.6. The van der Waals surface area contributed by atoms with E-state index in [4.69, 9.17) is 14.2 Å². The van der Waals surface area contributed by atoms with Gasteiger partial charge in [0, 0.05) is 48.7 Å². The van der Waals surface area contributed by atoms with E-state index in [0.29, 0.717) is 56.5 Å². The number of aromatic nitrogens is 3. The molecule has 3 heterocycles. The molecule has 2 aromatic carbocycles. The number of ether oxygens (including phenoxy) is 3. The molecule has 0 saturated carbocycles. The van der Waals surface area contributed by atoms with Gasteiger partial charge >= 0.3 is 0 Å². The molecule has 0 aliphatic heterocycles. The minimum Gasteiger partial charge on any atom is -0.491 e. The number of benzene rings is 2. The molecule has 1 N–H and O–H groups in total. The zero-order valence-corrected chi connectivity index (χ0v) is 23.3. The van der Waals surface area contributed by atoms with E-state index in [9.17, 15) is 19.1 Å². The van der Waals surface area contributed by atoms with Gasteiger partial charge in [-0.15, -0.1) is 0 Å². The number of methoxy groups -OCH3 is 2. The van der Waals surface area contributed by atoms with Crippen LogP contribution in [-0.4, -0.2) is 46.3 Å². The van der Waals surface area contributed by atoms with Crippen molar-refractivity contribution in [3.8, 4) is 34.3 Å². The lowest BCUT2D eigenvalue weighted by Gasteiger charge is -2.16. The second kappa shape index (κ2) is 12.2. The molecule has 3 aromatic heterocycles. The fourth-order valence-electron chi connectivity index (χ4n) is 4.72. The van der Waals surface area contributed by atoms with Crippen molar-refractivity contribution in [2.75, 3.05) is 20.8 Å². The Morgan fingerprint density at radius 3 is 2.40 bits per heavy atom. The van der Waals surface area contributed by atoms with Gasteiger partial charge in [0.25, 0.3) is 5.88 Å². The molecule has 0 saturated heterocycles. The number of carbonyl (C=O) groups is 1. The van der Waals surface area contributed by atoms with Crippen LogP contribution in [0.4, 0.5) is 4.39 Å². The number of hydrogen-bond donors (Lipinski definition) is 1. The summed E-state index contributed by atoms with van der Waals surface area (Å²) < 4.78 is 31.9. The maximum atomic E-state index is 13.5. The SMILES string of the molecule is COc1cc2nccc(Oc3ccc(CC(=O)c4cn(CCO)c(C)c(-c5ccc(F)cc5)c4=O)cc3)c2nc1OC. The van der Waals surface area contributed by atoms with Crippen LogP contribution in [0.15, 0.2) is 77.9 Å². The van der Waals surface area contributed by atoms with Gasteiger partial charge in [-0.2, -0.15) is 0 Å².